The molecule has 2 N–H and O–H groups in total. The van der Waals surface area contributed by atoms with Gasteiger partial charge < -0.3 is 15.3 Å². The van der Waals surface area contributed by atoms with Crippen LogP contribution in [0.5, 0.6) is 0 Å². The van der Waals surface area contributed by atoms with Crippen LogP contribution in [0.15, 0.2) is 0 Å². The number of amides is 1. The standard InChI is InChI=1S/C10H18N2O2/c13-9-3-1-2-8(6-9)12-5-4-11-7-10(12)14/h8-9,11,13H,1-7H2. The Morgan fingerprint density at radius 1 is 1.43 bits per heavy atom. The zero-order chi connectivity index (χ0) is 9.97. The van der Waals surface area contributed by atoms with Gasteiger partial charge in [0.05, 0.1) is 12.6 Å². The average molecular weight is 198 g/mol. The lowest BCUT2D eigenvalue weighted by Gasteiger charge is -2.38. The molecule has 0 aromatic rings. The van der Waals surface area contributed by atoms with Gasteiger partial charge >= 0.3 is 0 Å². The van der Waals surface area contributed by atoms with Crippen molar-refractivity contribution in [1.29, 1.82) is 0 Å². The summed E-state index contributed by atoms with van der Waals surface area (Å²) in [7, 11) is 0. The van der Waals surface area contributed by atoms with Crippen molar-refractivity contribution in [3.8, 4) is 0 Å². The van der Waals surface area contributed by atoms with Gasteiger partial charge in [0.25, 0.3) is 0 Å². The van der Waals surface area contributed by atoms with Crippen LogP contribution in [-0.4, -0.2) is 47.7 Å². The molecule has 2 unspecified atom stereocenters. The molecule has 1 amide bonds. The molecule has 4 heteroatoms. The monoisotopic (exact) mass is 198 g/mol. The number of carbonyl (C=O) groups excluding carboxylic acids is 1. The molecule has 1 aliphatic carbocycles. The molecule has 14 heavy (non-hydrogen) atoms. The summed E-state index contributed by atoms with van der Waals surface area (Å²) in [6.45, 7) is 2.15. The summed E-state index contributed by atoms with van der Waals surface area (Å²) in [6.07, 6.45) is 3.57. The molecule has 1 aliphatic heterocycles. The molecule has 1 saturated heterocycles. The van der Waals surface area contributed by atoms with E-state index in [9.17, 15) is 9.90 Å². The maximum atomic E-state index is 11.6. The summed E-state index contributed by atoms with van der Waals surface area (Å²) in [4.78, 5) is 13.5. The fraction of sp³-hybridized carbons (Fsp3) is 0.900. The summed E-state index contributed by atoms with van der Waals surface area (Å²) in [5.41, 5.74) is 0. The van der Waals surface area contributed by atoms with Crippen molar-refractivity contribution in [3.63, 3.8) is 0 Å². The highest BCUT2D eigenvalue weighted by atomic mass is 16.3. The summed E-state index contributed by atoms with van der Waals surface area (Å²) >= 11 is 0. The third-order valence-corrected chi connectivity index (χ3v) is 3.19. The minimum Gasteiger partial charge on any atom is -0.393 e. The molecular formula is C10H18N2O2. The second kappa shape index (κ2) is 4.28. The Kier molecular flexibility index (Phi) is 3.03. The highest BCUT2D eigenvalue weighted by Gasteiger charge is 2.29. The second-order valence-electron chi connectivity index (χ2n) is 4.24. The third kappa shape index (κ3) is 2.07. The van der Waals surface area contributed by atoms with Gasteiger partial charge in [-0.3, -0.25) is 4.79 Å². The van der Waals surface area contributed by atoms with Crippen LogP contribution >= 0.6 is 0 Å². The van der Waals surface area contributed by atoms with Crippen LogP contribution in [0.25, 0.3) is 0 Å². The molecule has 2 atom stereocenters. The van der Waals surface area contributed by atoms with Gasteiger partial charge in [-0.2, -0.15) is 0 Å². The molecule has 4 nitrogen and oxygen atoms in total. The largest absolute Gasteiger partial charge is 0.393 e. The Hall–Kier alpha value is -0.610. The lowest BCUT2D eigenvalue weighted by atomic mass is 9.91. The van der Waals surface area contributed by atoms with Crippen molar-refractivity contribution in [1.82, 2.24) is 10.2 Å². The Morgan fingerprint density at radius 3 is 3.00 bits per heavy atom. The number of nitrogens with zero attached hydrogens (tertiary/aromatic N) is 1. The number of hydrogen-bond acceptors (Lipinski definition) is 3. The highest BCUT2D eigenvalue weighted by molar-refractivity contribution is 5.79. The number of aliphatic hydroxyl groups is 1. The average Bonchev–Trinajstić information content (AvgIpc) is 2.18. The van der Waals surface area contributed by atoms with Crippen molar-refractivity contribution in [2.24, 2.45) is 0 Å². The number of hydrogen-bond donors (Lipinski definition) is 2. The molecule has 0 bridgehead atoms. The lowest BCUT2D eigenvalue weighted by molar-refractivity contribution is -0.135. The van der Waals surface area contributed by atoms with Gasteiger partial charge in [-0.25, -0.2) is 0 Å². The summed E-state index contributed by atoms with van der Waals surface area (Å²) < 4.78 is 0. The predicted molar refractivity (Wildman–Crippen MR) is 52.8 cm³/mol. The van der Waals surface area contributed by atoms with Gasteiger partial charge in [0.1, 0.15) is 0 Å². The van der Waals surface area contributed by atoms with Crippen molar-refractivity contribution < 1.29 is 9.90 Å². The minimum absolute atomic E-state index is 0.190. The van der Waals surface area contributed by atoms with E-state index in [0.717, 1.165) is 38.8 Å². The van der Waals surface area contributed by atoms with Crippen LogP contribution in [0, 0.1) is 0 Å². The van der Waals surface area contributed by atoms with E-state index in [4.69, 9.17) is 0 Å². The van der Waals surface area contributed by atoms with E-state index in [1.807, 2.05) is 4.90 Å². The zero-order valence-corrected chi connectivity index (χ0v) is 8.41. The molecule has 0 radical (unpaired) electrons. The minimum atomic E-state index is -0.198. The van der Waals surface area contributed by atoms with Gasteiger partial charge in [-0.15, -0.1) is 0 Å². The van der Waals surface area contributed by atoms with Crippen LogP contribution in [0.4, 0.5) is 0 Å². The van der Waals surface area contributed by atoms with E-state index in [0.29, 0.717) is 6.54 Å². The topological polar surface area (TPSA) is 52.6 Å². The maximum absolute atomic E-state index is 11.6. The summed E-state index contributed by atoms with van der Waals surface area (Å²) in [5, 5.41) is 12.6. The van der Waals surface area contributed by atoms with Crippen LogP contribution in [0.2, 0.25) is 0 Å². The quantitative estimate of drug-likeness (QED) is 0.609. The third-order valence-electron chi connectivity index (χ3n) is 3.19. The lowest BCUT2D eigenvalue weighted by Crippen LogP contribution is -2.53. The fourth-order valence-corrected chi connectivity index (χ4v) is 2.43. The zero-order valence-electron chi connectivity index (χ0n) is 8.41. The first-order valence-electron chi connectivity index (χ1n) is 5.45. The van der Waals surface area contributed by atoms with E-state index in [2.05, 4.69) is 5.32 Å². The summed E-state index contributed by atoms with van der Waals surface area (Å²) in [5.74, 6) is 0.190. The highest BCUT2D eigenvalue weighted by Crippen LogP contribution is 2.23. The van der Waals surface area contributed by atoms with E-state index in [1.165, 1.54) is 0 Å². The number of rotatable bonds is 1. The van der Waals surface area contributed by atoms with Gasteiger partial charge in [0, 0.05) is 19.1 Å². The molecule has 0 aromatic carbocycles. The van der Waals surface area contributed by atoms with Crippen LogP contribution < -0.4 is 5.32 Å². The fourth-order valence-electron chi connectivity index (χ4n) is 2.43. The van der Waals surface area contributed by atoms with Crippen molar-refractivity contribution in [2.75, 3.05) is 19.6 Å². The molecular weight excluding hydrogens is 180 g/mol. The van der Waals surface area contributed by atoms with E-state index >= 15 is 0 Å². The Morgan fingerprint density at radius 2 is 2.29 bits per heavy atom. The van der Waals surface area contributed by atoms with Crippen LogP contribution in [-0.2, 0) is 4.79 Å². The molecule has 2 fully saturated rings. The van der Waals surface area contributed by atoms with Gasteiger partial charge in [0.15, 0.2) is 0 Å². The molecule has 0 aromatic heterocycles. The number of carbonyl (C=O) groups is 1. The molecule has 2 rings (SSSR count). The van der Waals surface area contributed by atoms with Gasteiger partial charge in [-0.1, -0.05) is 0 Å². The Labute approximate surface area is 84.3 Å². The second-order valence-corrected chi connectivity index (χ2v) is 4.24. The maximum Gasteiger partial charge on any atom is 0.236 e. The van der Waals surface area contributed by atoms with Crippen molar-refractivity contribution >= 4 is 5.91 Å². The predicted octanol–water partition coefficient (Wildman–Crippen LogP) is -0.278. The van der Waals surface area contributed by atoms with Crippen LogP contribution in [0.1, 0.15) is 25.7 Å². The van der Waals surface area contributed by atoms with E-state index in [1.54, 1.807) is 0 Å². The van der Waals surface area contributed by atoms with Gasteiger partial charge in [0.2, 0.25) is 5.91 Å². The van der Waals surface area contributed by atoms with Crippen molar-refractivity contribution in [2.45, 2.75) is 37.8 Å². The molecule has 80 valence electrons. The van der Waals surface area contributed by atoms with Gasteiger partial charge in [-0.05, 0) is 25.7 Å². The van der Waals surface area contributed by atoms with Crippen LogP contribution in [0.3, 0.4) is 0 Å². The van der Waals surface area contributed by atoms with Crippen molar-refractivity contribution in [3.05, 3.63) is 0 Å². The molecule has 1 heterocycles. The Balaban J connectivity index is 1.94. The Bertz CT molecular complexity index is 220. The number of nitrogens with one attached hydrogen (secondary N) is 1. The normalized spacial score (nSPS) is 34.6. The smallest absolute Gasteiger partial charge is 0.236 e. The molecule has 2 aliphatic rings. The first-order valence-corrected chi connectivity index (χ1v) is 5.45. The van der Waals surface area contributed by atoms with E-state index in [-0.39, 0.29) is 18.1 Å². The molecule has 1 saturated carbocycles. The summed E-state index contributed by atoms with van der Waals surface area (Å²) in [6, 6.07) is 0.286. The first-order chi connectivity index (χ1) is 6.77. The number of aliphatic hydroxyl groups excluding tert-OH is 1. The first kappa shape index (κ1) is 9.93. The van der Waals surface area contributed by atoms with E-state index < -0.39 is 0 Å². The number of piperazine rings is 1. The molecule has 0 spiro atoms. The SMILES string of the molecule is O=C1CNCCN1C1CCCC(O)C1.